The number of carbonyl (C=O) groups is 1. The first-order valence-corrected chi connectivity index (χ1v) is 12.1. The lowest BCUT2D eigenvalue weighted by atomic mass is 10.1. The number of nitrogens with one attached hydrogen (secondary N) is 1. The number of rotatable bonds is 6. The summed E-state index contributed by atoms with van der Waals surface area (Å²) in [5.41, 5.74) is 1.79. The molecule has 0 aliphatic heterocycles. The predicted molar refractivity (Wildman–Crippen MR) is 127 cm³/mol. The van der Waals surface area contributed by atoms with E-state index in [-0.39, 0.29) is 5.69 Å². The third-order valence-electron chi connectivity index (χ3n) is 5.30. The Hall–Kier alpha value is -3.04. The molecule has 32 heavy (non-hydrogen) atoms. The van der Waals surface area contributed by atoms with Gasteiger partial charge in [0.2, 0.25) is 15.9 Å². The van der Waals surface area contributed by atoms with Crippen LogP contribution in [0.3, 0.4) is 0 Å². The standard InChI is InChI=1S/C22H25ClN4O4S/c1-14-11-12-17(23)13-19(14)27(32(5,30)31)16(3)21(28)24-20-15(2)25(4)26(22(20)29)18-9-7-6-8-10-18/h6-13,16H,1-5H3,(H,24,28)/t16-/m0/s1. The molecule has 0 aliphatic rings. The van der Waals surface area contributed by atoms with Crippen molar-refractivity contribution in [2.24, 2.45) is 7.05 Å². The zero-order valence-electron chi connectivity index (χ0n) is 18.5. The molecule has 3 rings (SSSR count). The van der Waals surface area contributed by atoms with E-state index >= 15 is 0 Å². The molecule has 0 saturated carbocycles. The summed E-state index contributed by atoms with van der Waals surface area (Å²) in [6.45, 7) is 4.90. The minimum Gasteiger partial charge on any atom is -0.318 e. The second kappa shape index (κ2) is 8.84. The van der Waals surface area contributed by atoms with Crippen molar-refractivity contribution in [2.45, 2.75) is 26.8 Å². The average Bonchev–Trinajstić information content (AvgIpc) is 2.93. The third-order valence-corrected chi connectivity index (χ3v) is 6.76. The number of halogens is 1. The van der Waals surface area contributed by atoms with Gasteiger partial charge in [-0.25, -0.2) is 13.1 Å². The van der Waals surface area contributed by atoms with E-state index in [4.69, 9.17) is 11.6 Å². The summed E-state index contributed by atoms with van der Waals surface area (Å²) >= 11 is 6.08. The minimum atomic E-state index is -3.83. The lowest BCUT2D eigenvalue weighted by molar-refractivity contribution is -0.116. The van der Waals surface area contributed by atoms with Gasteiger partial charge in [-0.3, -0.25) is 18.6 Å². The zero-order valence-corrected chi connectivity index (χ0v) is 20.0. The maximum Gasteiger partial charge on any atom is 0.295 e. The first-order chi connectivity index (χ1) is 14.9. The van der Waals surface area contributed by atoms with Crippen molar-refractivity contribution in [3.63, 3.8) is 0 Å². The Morgan fingerprint density at radius 3 is 2.34 bits per heavy atom. The van der Waals surface area contributed by atoms with E-state index in [2.05, 4.69) is 5.32 Å². The molecule has 8 nitrogen and oxygen atoms in total. The van der Waals surface area contributed by atoms with Crippen LogP contribution in [0.2, 0.25) is 5.02 Å². The summed E-state index contributed by atoms with van der Waals surface area (Å²) < 4.78 is 29.3. The molecule has 0 bridgehead atoms. The van der Waals surface area contributed by atoms with Gasteiger partial charge in [0.15, 0.2) is 0 Å². The fraction of sp³-hybridized carbons (Fsp3) is 0.273. The Bertz CT molecular complexity index is 1330. The van der Waals surface area contributed by atoms with Crippen LogP contribution in [-0.2, 0) is 21.9 Å². The fourth-order valence-electron chi connectivity index (χ4n) is 3.54. The lowest BCUT2D eigenvalue weighted by Crippen LogP contribution is -2.46. The number of aryl methyl sites for hydroxylation is 1. The van der Waals surface area contributed by atoms with E-state index in [1.54, 1.807) is 49.8 Å². The van der Waals surface area contributed by atoms with Crippen LogP contribution >= 0.6 is 11.6 Å². The highest BCUT2D eigenvalue weighted by Gasteiger charge is 2.31. The molecule has 3 aromatic rings. The number of para-hydroxylation sites is 1. The second-order valence-corrected chi connectivity index (χ2v) is 9.89. The Balaban J connectivity index is 2.01. The smallest absolute Gasteiger partial charge is 0.295 e. The lowest BCUT2D eigenvalue weighted by Gasteiger charge is -2.29. The number of hydrogen-bond acceptors (Lipinski definition) is 4. The molecule has 1 amide bonds. The molecule has 1 N–H and O–H groups in total. The van der Waals surface area contributed by atoms with Crippen LogP contribution in [-0.4, -0.2) is 36.0 Å². The van der Waals surface area contributed by atoms with Gasteiger partial charge < -0.3 is 5.32 Å². The second-order valence-electron chi connectivity index (χ2n) is 7.59. The number of amides is 1. The van der Waals surface area contributed by atoms with Gasteiger partial charge in [0, 0.05) is 12.1 Å². The summed E-state index contributed by atoms with van der Waals surface area (Å²) in [7, 11) is -2.13. The molecule has 1 heterocycles. The largest absolute Gasteiger partial charge is 0.318 e. The molecule has 0 fully saturated rings. The van der Waals surface area contributed by atoms with E-state index in [0.717, 1.165) is 10.6 Å². The Morgan fingerprint density at radius 2 is 1.75 bits per heavy atom. The van der Waals surface area contributed by atoms with Gasteiger partial charge in [-0.05, 0) is 50.6 Å². The highest BCUT2D eigenvalue weighted by molar-refractivity contribution is 7.92. The monoisotopic (exact) mass is 476 g/mol. The van der Waals surface area contributed by atoms with E-state index in [1.165, 1.54) is 17.7 Å². The Morgan fingerprint density at radius 1 is 1.12 bits per heavy atom. The molecule has 10 heteroatoms. The first-order valence-electron chi connectivity index (χ1n) is 9.84. The van der Waals surface area contributed by atoms with Crippen LogP contribution in [0.25, 0.3) is 5.69 Å². The number of benzene rings is 2. The van der Waals surface area contributed by atoms with E-state index < -0.39 is 27.5 Å². The summed E-state index contributed by atoms with van der Waals surface area (Å²) in [6, 6.07) is 12.7. The SMILES string of the molecule is Cc1ccc(Cl)cc1N([C@@H](C)C(=O)Nc1c(C)n(C)n(-c2ccccc2)c1=O)S(C)(=O)=O. The molecule has 0 radical (unpaired) electrons. The summed E-state index contributed by atoms with van der Waals surface area (Å²) in [5.74, 6) is -0.638. The number of hydrogen-bond donors (Lipinski definition) is 1. The number of nitrogens with zero attached hydrogens (tertiary/aromatic N) is 3. The summed E-state index contributed by atoms with van der Waals surface area (Å²) in [5, 5.41) is 2.98. The number of sulfonamides is 1. The van der Waals surface area contributed by atoms with Crippen molar-refractivity contribution in [1.29, 1.82) is 0 Å². The quantitative estimate of drug-likeness (QED) is 0.591. The normalized spacial score (nSPS) is 12.4. The van der Waals surface area contributed by atoms with Gasteiger partial charge in [0.1, 0.15) is 11.7 Å². The Kier molecular flexibility index (Phi) is 6.52. The van der Waals surface area contributed by atoms with Crippen molar-refractivity contribution < 1.29 is 13.2 Å². The van der Waals surface area contributed by atoms with Gasteiger partial charge in [-0.1, -0.05) is 35.9 Å². The molecular formula is C22H25ClN4O4S. The molecule has 0 saturated heterocycles. The molecule has 0 aliphatic carbocycles. The van der Waals surface area contributed by atoms with Crippen LogP contribution in [0, 0.1) is 13.8 Å². The molecule has 1 aromatic heterocycles. The maximum absolute atomic E-state index is 13.1. The van der Waals surface area contributed by atoms with Gasteiger partial charge in [0.25, 0.3) is 5.56 Å². The fourth-order valence-corrected chi connectivity index (χ4v) is 4.93. The molecule has 1 atom stereocenters. The molecule has 2 aromatic carbocycles. The highest BCUT2D eigenvalue weighted by atomic mass is 35.5. The summed E-state index contributed by atoms with van der Waals surface area (Å²) in [4.78, 5) is 26.2. The van der Waals surface area contributed by atoms with Crippen LogP contribution in [0.1, 0.15) is 18.2 Å². The van der Waals surface area contributed by atoms with Gasteiger partial charge in [0.05, 0.1) is 23.3 Å². The van der Waals surface area contributed by atoms with Crippen molar-refractivity contribution in [1.82, 2.24) is 9.36 Å². The molecule has 0 unspecified atom stereocenters. The van der Waals surface area contributed by atoms with Crippen LogP contribution in [0.5, 0.6) is 0 Å². The van der Waals surface area contributed by atoms with Crippen molar-refractivity contribution in [2.75, 3.05) is 15.9 Å². The molecular weight excluding hydrogens is 452 g/mol. The highest BCUT2D eigenvalue weighted by Crippen LogP contribution is 2.28. The maximum atomic E-state index is 13.1. The number of aromatic nitrogens is 2. The van der Waals surface area contributed by atoms with E-state index in [1.807, 2.05) is 18.2 Å². The number of anilines is 2. The third kappa shape index (κ3) is 4.44. The molecule has 0 spiro atoms. The zero-order chi connectivity index (χ0) is 23.8. The van der Waals surface area contributed by atoms with Gasteiger partial charge in [-0.15, -0.1) is 0 Å². The van der Waals surface area contributed by atoms with Crippen LogP contribution < -0.4 is 15.2 Å². The average molecular weight is 477 g/mol. The minimum absolute atomic E-state index is 0.0875. The predicted octanol–water partition coefficient (Wildman–Crippen LogP) is 3.24. The van der Waals surface area contributed by atoms with Crippen LogP contribution in [0.4, 0.5) is 11.4 Å². The van der Waals surface area contributed by atoms with Crippen LogP contribution in [0.15, 0.2) is 53.3 Å². The van der Waals surface area contributed by atoms with Gasteiger partial charge in [-0.2, -0.15) is 0 Å². The van der Waals surface area contributed by atoms with E-state index in [0.29, 0.717) is 27.7 Å². The van der Waals surface area contributed by atoms with E-state index in [9.17, 15) is 18.0 Å². The Labute approximate surface area is 192 Å². The molecule has 170 valence electrons. The topological polar surface area (TPSA) is 93.4 Å². The summed E-state index contributed by atoms with van der Waals surface area (Å²) in [6.07, 6.45) is 1.02. The van der Waals surface area contributed by atoms with Crippen molar-refractivity contribution in [3.05, 3.63) is 75.2 Å². The van der Waals surface area contributed by atoms with Gasteiger partial charge >= 0.3 is 0 Å². The van der Waals surface area contributed by atoms with Crippen molar-refractivity contribution in [3.8, 4) is 5.69 Å². The van der Waals surface area contributed by atoms with Crippen molar-refractivity contribution >= 4 is 38.9 Å². The first kappa shape index (κ1) is 23.6. The number of carbonyl (C=O) groups excluding carboxylic acids is 1.